The van der Waals surface area contributed by atoms with Crippen LogP contribution in [-0.2, 0) is 0 Å². The average molecular weight is 481 g/mol. The van der Waals surface area contributed by atoms with Crippen LogP contribution in [0, 0.1) is 0 Å². The number of benzene rings is 2. The molecule has 2 aromatic carbocycles. The molecule has 0 fully saturated rings. The first-order valence-corrected chi connectivity index (χ1v) is 12.4. The number of alkyl halides is 1. The maximum absolute atomic E-state index is 11.0. The standard InChI is InChI=1S/C26H34Cl2O4/c27-21-32-25-17-15-24(16-18-25)31-20-10-8-6-4-2-1-3-5-7-9-19-30-23-13-11-22(12-14-23)26(28)29/h11-18H,1-10,19-21H2. The third kappa shape index (κ3) is 11.6. The molecule has 176 valence electrons. The van der Waals surface area contributed by atoms with Crippen LogP contribution in [0.4, 0.5) is 0 Å². The summed E-state index contributed by atoms with van der Waals surface area (Å²) in [5.41, 5.74) is 0.493. The van der Waals surface area contributed by atoms with E-state index in [0.29, 0.717) is 12.2 Å². The summed E-state index contributed by atoms with van der Waals surface area (Å²) in [6.45, 7) is 1.47. The Bertz CT molecular complexity index is 747. The fourth-order valence-electron chi connectivity index (χ4n) is 3.38. The smallest absolute Gasteiger partial charge is 0.252 e. The van der Waals surface area contributed by atoms with Crippen molar-refractivity contribution in [1.29, 1.82) is 0 Å². The number of hydrogen-bond donors (Lipinski definition) is 0. The number of rotatable bonds is 18. The van der Waals surface area contributed by atoms with Crippen LogP contribution in [0.3, 0.4) is 0 Å². The molecule has 0 spiro atoms. The van der Waals surface area contributed by atoms with Crippen molar-refractivity contribution in [1.82, 2.24) is 0 Å². The van der Waals surface area contributed by atoms with E-state index in [4.69, 9.17) is 37.4 Å². The van der Waals surface area contributed by atoms with E-state index in [2.05, 4.69) is 0 Å². The van der Waals surface area contributed by atoms with Crippen LogP contribution in [0.1, 0.15) is 74.6 Å². The van der Waals surface area contributed by atoms with Crippen LogP contribution < -0.4 is 14.2 Å². The molecule has 0 heterocycles. The topological polar surface area (TPSA) is 44.8 Å². The molecule has 0 unspecified atom stereocenters. The fraction of sp³-hybridized carbons (Fsp3) is 0.500. The van der Waals surface area contributed by atoms with Gasteiger partial charge in [-0.15, -0.1) is 0 Å². The van der Waals surface area contributed by atoms with Crippen molar-refractivity contribution < 1.29 is 19.0 Å². The molecule has 0 amide bonds. The van der Waals surface area contributed by atoms with Crippen LogP contribution in [0.15, 0.2) is 48.5 Å². The lowest BCUT2D eigenvalue weighted by Gasteiger charge is -2.07. The molecule has 0 aliphatic carbocycles. The maximum Gasteiger partial charge on any atom is 0.252 e. The van der Waals surface area contributed by atoms with E-state index in [1.54, 1.807) is 24.3 Å². The predicted molar refractivity (Wildman–Crippen MR) is 132 cm³/mol. The van der Waals surface area contributed by atoms with Crippen LogP contribution in [0.25, 0.3) is 0 Å². The van der Waals surface area contributed by atoms with E-state index < -0.39 is 5.24 Å². The first-order chi connectivity index (χ1) is 15.7. The third-order valence-electron chi connectivity index (χ3n) is 5.20. The Morgan fingerprint density at radius 1 is 0.562 bits per heavy atom. The predicted octanol–water partition coefficient (Wildman–Crippen LogP) is 8.00. The van der Waals surface area contributed by atoms with Gasteiger partial charge in [0, 0.05) is 5.56 Å². The summed E-state index contributed by atoms with van der Waals surface area (Å²) in [7, 11) is 0. The van der Waals surface area contributed by atoms with E-state index in [9.17, 15) is 4.79 Å². The number of ether oxygens (including phenoxy) is 3. The van der Waals surface area contributed by atoms with E-state index in [1.807, 2.05) is 24.3 Å². The van der Waals surface area contributed by atoms with Gasteiger partial charge in [0.15, 0.2) is 6.07 Å². The Morgan fingerprint density at radius 3 is 1.28 bits per heavy atom. The minimum Gasteiger partial charge on any atom is -0.494 e. The fourth-order valence-corrected chi connectivity index (χ4v) is 3.63. The maximum atomic E-state index is 11.0. The molecule has 0 aliphatic rings. The second-order valence-corrected chi connectivity index (χ2v) is 8.32. The van der Waals surface area contributed by atoms with Crippen molar-refractivity contribution in [2.75, 3.05) is 19.3 Å². The van der Waals surface area contributed by atoms with Gasteiger partial charge in [-0.2, -0.15) is 0 Å². The molecular formula is C26H34Cl2O4. The first kappa shape index (κ1) is 26.3. The van der Waals surface area contributed by atoms with Gasteiger partial charge in [0.1, 0.15) is 17.2 Å². The number of carbonyl (C=O) groups excluding carboxylic acids is 1. The van der Waals surface area contributed by atoms with Crippen molar-refractivity contribution in [2.24, 2.45) is 0 Å². The lowest BCUT2D eigenvalue weighted by molar-refractivity contribution is 0.108. The molecule has 32 heavy (non-hydrogen) atoms. The van der Waals surface area contributed by atoms with Gasteiger partial charge >= 0.3 is 0 Å². The van der Waals surface area contributed by atoms with Gasteiger partial charge < -0.3 is 14.2 Å². The van der Waals surface area contributed by atoms with Crippen molar-refractivity contribution >= 4 is 28.4 Å². The van der Waals surface area contributed by atoms with E-state index in [0.717, 1.165) is 36.7 Å². The van der Waals surface area contributed by atoms with Gasteiger partial charge in [-0.05, 0) is 73.0 Å². The van der Waals surface area contributed by atoms with E-state index in [-0.39, 0.29) is 6.07 Å². The minimum absolute atomic E-state index is 0.159. The molecule has 0 bridgehead atoms. The molecule has 0 radical (unpaired) electrons. The number of unbranched alkanes of at least 4 members (excludes halogenated alkanes) is 9. The normalized spacial score (nSPS) is 10.7. The van der Waals surface area contributed by atoms with Crippen molar-refractivity contribution in [3.8, 4) is 17.2 Å². The van der Waals surface area contributed by atoms with Gasteiger partial charge in [-0.1, -0.05) is 63.0 Å². The summed E-state index contributed by atoms with van der Waals surface area (Å²) >= 11 is 11.0. The lowest BCUT2D eigenvalue weighted by Crippen LogP contribution is -1.98. The van der Waals surface area contributed by atoms with Crippen LogP contribution in [0.2, 0.25) is 0 Å². The summed E-state index contributed by atoms with van der Waals surface area (Å²) in [5, 5.41) is -0.442. The second-order valence-electron chi connectivity index (χ2n) is 7.76. The van der Waals surface area contributed by atoms with Gasteiger partial charge in [-0.25, -0.2) is 0 Å². The highest BCUT2D eigenvalue weighted by Gasteiger charge is 2.01. The van der Waals surface area contributed by atoms with Crippen LogP contribution >= 0.6 is 23.2 Å². The monoisotopic (exact) mass is 480 g/mol. The molecule has 0 saturated carbocycles. The van der Waals surface area contributed by atoms with Gasteiger partial charge in [0.25, 0.3) is 5.24 Å². The Labute approximate surface area is 202 Å². The highest BCUT2D eigenvalue weighted by atomic mass is 35.5. The number of halogens is 2. The third-order valence-corrected chi connectivity index (χ3v) is 5.53. The molecule has 0 aliphatic heterocycles. The van der Waals surface area contributed by atoms with Crippen molar-refractivity contribution in [2.45, 2.75) is 64.2 Å². The Kier molecular flexibility index (Phi) is 13.7. The van der Waals surface area contributed by atoms with E-state index in [1.165, 1.54) is 51.4 Å². The molecule has 0 saturated heterocycles. The SMILES string of the molecule is O=C(Cl)c1ccc(OCCCCCCCCCCCCOc2ccc(OCCl)cc2)cc1. The van der Waals surface area contributed by atoms with Gasteiger partial charge in [0.2, 0.25) is 0 Å². The second kappa shape index (κ2) is 16.7. The molecule has 6 heteroatoms. The summed E-state index contributed by atoms with van der Waals surface area (Å²) in [5.74, 6) is 2.42. The number of hydrogen-bond acceptors (Lipinski definition) is 4. The molecule has 2 aromatic rings. The highest BCUT2D eigenvalue weighted by molar-refractivity contribution is 6.67. The zero-order valence-corrected chi connectivity index (χ0v) is 20.2. The summed E-state index contributed by atoms with van der Waals surface area (Å²) in [6, 6.07) is 14.7. The van der Waals surface area contributed by atoms with E-state index >= 15 is 0 Å². The number of carbonyl (C=O) groups is 1. The molecule has 0 N–H and O–H groups in total. The molecular weight excluding hydrogens is 447 g/mol. The van der Waals surface area contributed by atoms with Gasteiger partial charge in [0.05, 0.1) is 13.2 Å². The Morgan fingerprint density at radius 2 is 0.906 bits per heavy atom. The van der Waals surface area contributed by atoms with Crippen LogP contribution in [-0.4, -0.2) is 24.5 Å². The quantitative estimate of drug-likeness (QED) is 0.123. The van der Waals surface area contributed by atoms with Crippen LogP contribution in [0.5, 0.6) is 17.2 Å². The molecule has 0 aromatic heterocycles. The van der Waals surface area contributed by atoms with Crippen molar-refractivity contribution in [3.05, 3.63) is 54.1 Å². The Hall–Kier alpha value is -1.91. The average Bonchev–Trinajstić information content (AvgIpc) is 2.81. The zero-order valence-electron chi connectivity index (χ0n) is 18.7. The summed E-state index contributed by atoms with van der Waals surface area (Å²) in [6.07, 6.45) is 12.3. The molecule has 4 nitrogen and oxygen atoms in total. The lowest BCUT2D eigenvalue weighted by atomic mass is 10.1. The zero-order chi connectivity index (χ0) is 22.9. The molecule has 0 atom stereocenters. The van der Waals surface area contributed by atoms with Gasteiger partial charge in [-0.3, -0.25) is 4.79 Å². The largest absolute Gasteiger partial charge is 0.494 e. The first-order valence-electron chi connectivity index (χ1n) is 11.5. The Balaban J connectivity index is 1.34. The minimum atomic E-state index is -0.442. The summed E-state index contributed by atoms with van der Waals surface area (Å²) in [4.78, 5) is 11.0. The van der Waals surface area contributed by atoms with Crippen molar-refractivity contribution in [3.63, 3.8) is 0 Å². The highest BCUT2D eigenvalue weighted by Crippen LogP contribution is 2.18. The summed E-state index contributed by atoms with van der Waals surface area (Å²) < 4.78 is 16.7. The molecule has 2 rings (SSSR count).